The van der Waals surface area contributed by atoms with Crippen LogP contribution in [0.15, 0.2) is 53.0 Å². The Labute approximate surface area is 205 Å². The summed E-state index contributed by atoms with van der Waals surface area (Å²) in [5, 5.41) is 0. The molecule has 2 bridgehead atoms. The molecule has 1 aliphatic heterocycles. The SMILES string of the molecule is CC1(C)C(=O)/C=C\C(=O)C(C)(C)C(=O)/C=C/C(=O)C(C)(C)c2ccc(o2)C(C)(C)C(=O)/C=C/C1=O. The number of rotatable bonds is 0. The van der Waals surface area contributed by atoms with E-state index in [0.717, 1.165) is 36.5 Å². The van der Waals surface area contributed by atoms with Crippen LogP contribution in [0.1, 0.15) is 66.9 Å². The number of ketones is 6. The third-order valence-electron chi connectivity index (χ3n) is 6.69. The van der Waals surface area contributed by atoms with E-state index in [0.29, 0.717) is 11.5 Å². The lowest BCUT2D eigenvalue weighted by atomic mass is 9.79. The molecule has 0 spiro atoms. The largest absolute Gasteiger partial charge is 0.464 e. The molecule has 186 valence electrons. The predicted octanol–water partition coefficient (Wildman–Crippen LogP) is 3.98. The summed E-state index contributed by atoms with van der Waals surface area (Å²) in [5.41, 5.74) is -5.40. The van der Waals surface area contributed by atoms with Crippen LogP contribution in [0.3, 0.4) is 0 Å². The Morgan fingerprint density at radius 3 is 0.829 bits per heavy atom. The van der Waals surface area contributed by atoms with Crippen LogP contribution in [0.2, 0.25) is 0 Å². The Bertz CT molecular complexity index is 1100. The fourth-order valence-corrected chi connectivity index (χ4v) is 3.20. The zero-order valence-electron chi connectivity index (χ0n) is 21.5. The van der Waals surface area contributed by atoms with Crippen LogP contribution < -0.4 is 0 Å². The molecule has 0 aliphatic carbocycles. The summed E-state index contributed by atoms with van der Waals surface area (Å²) in [4.78, 5) is 76.7. The molecule has 1 aromatic rings. The van der Waals surface area contributed by atoms with Gasteiger partial charge in [-0.1, -0.05) is 0 Å². The van der Waals surface area contributed by atoms with E-state index in [-0.39, 0.29) is 0 Å². The molecule has 0 aromatic carbocycles. The Morgan fingerprint density at radius 2 is 0.600 bits per heavy atom. The van der Waals surface area contributed by atoms with Crippen LogP contribution >= 0.6 is 0 Å². The van der Waals surface area contributed by atoms with Gasteiger partial charge in [-0.3, -0.25) is 28.8 Å². The maximum absolute atomic E-state index is 12.9. The Morgan fingerprint density at radius 1 is 0.400 bits per heavy atom. The summed E-state index contributed by atoms with van der Waals surface area (Å²) < 4.78 is 5.89. The summed E-state index contributed by atoms with van der Waals surface area (Å²) in [5.74, 6) is -2.84. The molecule has 0 unspecified atom stereocenters. The predicted molar refractivity (Wildman–Crippen MR) is 130 cm³/mol. The minimum atomic E-state index is -1.54. The molecule has 1 aromatic heterocycles. The first-order valence-corrected chi connectivity index (χ1v) is 11.3. The second-order valence-electron chi connectivity index (χ2n) is 10.8. The average molecular weight is 481 g/mol. The van der Waals surface area contributed by atoms with E-state index in [2.05, 4.69) is 0 Å². The molecular weight excluding hydrogens is 448 g/mol. The van der Waals surface area contributed by atoms with E-state index >= 15 is 0 Å². The van der Waals surface area contributed by atoms with E-state index in [1.807, 2.05) is 0 Å². The van der Waals surface area contributed by atoms with Crippen molar-refractivity contribution in [3.8, 4) is 0 Å². The Kier molecular flexibility index (Phi) is 7.36. The lowest BCUT2D eigenvalue weighted by Crippen LogP contribution is -2.34. The zero-order valence-corrected chi connectivity index (χ0v) is 21.5. The fraction of sp³-hybridized carbons (Fsp3) is 0.429. The molecule has 7 heteroatoms. The molecule has 0 fully saturated rings. The number of hydrogen-bond donors (Lipinski definition) is 0. The van der Waals surface area contributed by atoms with Crippen LogP contribution in [0.5, 0.6) is 0 Å². The summed E-state index contributed by atoms with van der Waals surface area (Å²) in [6, 6.07) is 3.18. The van der Waals surface area contributed by atoms with E-state index in [1.54, 1.807) is 39.8 Å². The maximum atomic E-state index is 12.9. The van der Waals surface area contributed by atoms with Gasteiger partial charge in [0.1, 0.15) is 11.5 Å². The van der Waals surface area contributed by atoms with Gasteiger partial charge < -0.3 is 4.42 Å². The van der Waals surface area contributed by atoms with Gasteiger partial charge in [0.25, 0.3) is 0 Å². The number of allylic oxidation sites excluding steroid dienone is 6. The van der Waals surface area contributed by atoms with Gasteiger partial charge in [0.05, 0.1) is 21.7 Å². The first kappa shape index (κ1) is 27.8. The quantitative estimate of drug-likeness (QED) is 0.516. The lowest BCUT2D eigenvalue weighted by molar-refractivity contribution is -0.135. The number of hydrogen-bond acceptors (Lipinski definition) is 7. The highest BCUT2D eigenvalue weighted by molar-refractivity contribution is 6.20. The van der Waals surface area contributed by atoms with E-state index in [1.165, 1.54) is 27.7 Å². The summed E-state index contributed by atoms with van der Waals surface area (Å²) in [6.45, 7) is 12.0. The third kappa shape index (κ3) is 5.29. The average Bonchev–Trinajstić information content (AvgIpc) is 3.29. The second-order valence-corrected chi connectivity index (χ2v) is 10.8. The van der Waals surface area contributed by atoms with Crippen LogP contribution in [0.25, 0.3) is 0 Å². The van der Waals surface area contributed by atoms with Gasteiger partial charge in [-0.05, 0) is 104 Å². The normalized spacial score (nSPS) is 25.4. The molecule has 0 atom stereocenters. The first-order valence-electron chi connectivity index (χ1n) is 11.3. The second kappa shape index (κ2) is 9.29. The number of carbonyl (C=O) groups excluding carboxylic acids is 6. The first-order chi connectivity index (χ1) is 15.9. The van der Waals surface area contributed by atoms with Crippen LogP contribution in [-0.2, 0) is 39.6 Å². The van der Waals surface area contributed by atoms with Gasteiger partial charge in [0.2, 0.25) is 0 Å². The monoisotopic (exact) mass is 480 g/mol. The number of furan rings is 1. The Hall–Kier alpha value is -3.48. The molecule has 2 rings (SSSR count). The molecule has 0 amide bonds. The van der Waals surface area contributed by atoms with Crippen LogP contribution in [0.4, 0.5) is 0 Å². The van der Waals surface area contributed by atoms with Crippen molar-refractivity contribution in [3.05, 3.63) is 60.1 Å². The summed E-state index contributed by atoms with van der Waals surface area (Å²) in [7, 11) is 0. The fourth-order valence-electron chi connectivity index (χ4n) is 3.20. The van der Waals surface area contributed by atoms with Crippen molar-refractivity contribution in [3.63, 3.8) is 0 Å². The maximum Gasteiger partial charge on any atom is 0.169 e. The van der Waals surface area contributed by atoms with Gasteiger partial charge in [0, 0.05) is 0 Å². The zero-order chi connectivity index (χ0) is 27.0. The highest BCUT2D eigenvalue weighted by Crippen LogP contribution is 2.33. The van der Waals surface area contributed by atoms with Crippen molar-refractivity contribution in [1.82, 2.24) is 0 Å². The highest BCUT2D eigenvalue weighted by atomic mass is 16.3. The number of fused-ring (bicyclic) bond motifs is 2. The summed E-state index contributed by atoms with van der Waals surface area (Å²) in [6.07, 6.45) is 6.21. The van der Waals surface area contributed by atoms with Gasteiger partial charge in [-0.25, -0.2) is 0 Å². The Balaban J connectivity index is 2.65. The highest BCUT2D eigenvalue weighted by Gasteiger charge is 2.39. The van der Waals surface area contributed by atoms with Crippen LogP contribution in [0, 0.1) is 10.8 Å². The minimum Gasteiger partial charge on any atom is -0.464 e. The molecule has 0 saturated heterocycles. The van der Waals surface area contributed by atoms with Crippen molar-refractivity contribution in [2.45, 2.75) is 66.2 Å². The summed E-state index contributed by atoms with van der Waals surface area (Å²) >= 11 is 0. The van der Waals surface area contributed by atoms with Crippen molar-refractivity contribution < 1.29 is 33.2 Å². The standard InChI is InChI=1S/C28H32O7/c1-25(2)17(29)9-10-18(30)26(3,4)20(32)12-14-22(34)28(7,8)24-16-15-23(35-24)27(5,6)21(33)13-11-19(25)31/h9-16H,1-8H3/b10-9-,13-11+,14-12+. The van der Waals surface area contributed by atoms with E-state index < -0.39 is 56.4 Å². The van der Waals surface area contributed by atoms with Crippen molar-refractivity contribution >= 4 is 34.7 Å². The topological polar surface area (TPSA) is 116 Å². The van der Waals surface area contributed by atoms with Gasteiger partial charge in [-0.2, -0.15) is 0 Å². The smallest absolute Gasteiger partial charge is 0.169 e. The van der Waals surface area contributed by atoms with Gasteiger partial charge >= 0.3 is 0 Å². The number of carbonyl (C=O) groups is 6. The molecule has 1 aliphatic rings. The van der Waals surface area contributed by atoms with E-state index in [4.69, 9.17) is 4.42 Å². The molecule has 35 heavy (non-hydrogen) atoms. The molecule has 0 N–H and O–H groups in total. The minimum absolute atomic E-state index is 0.290. The van der Waals surface area contributed by atoms with Gasteiger partial charge in [0.15, 0.2) is 34.7 Å². The van der Waals surface area contributed by atoms with Gasteiger partial charge in [-0.15, -0.1) is 0 Å². The van der Waals surface area contributed by atoms with Crippen LogP contribution in [-0.4, -0.2) is 34.7 Å². The van der Waals surface area contributed by atoms with Crippen molar-refractivity contribution in [2.24, 2.45) is 10.8 Å². The third-order valence-corrected chi connectivity index (χ3v) is 6.69. The lowest BCUT2D eigenvalue weighted by Gasteiger charge is -2.22. The van der Waals surface area contributed by atoms with E-state index in [9.17, 15) is 28.8 Å². The molecule has 2 heterocycles. The van der Waals surface area contributed by atoms with Crippen molar-refractivity contribution in [1.29, 1.82) is 0 Å². The molecular formula is C28H32O7. The molecule has 7 nitrogen and oxygen atoms in total. The molecule has 0 radical (unpaired) electrons. The molecule has 0 saturated carbocycles. The van der Waals surface area contributed by atoms with Crippen molar-refractivity contribution in [2.75, 3.05) is 0 Å².